The second-order valence-corrected chi connectivity index (χ2v) is 26.7. The Morgan fingerprint density at radius 3 is 0.794 bits per heavy atom. The predicted octanol–water partition coefficient (Wildman–Crippen LogP) is 25.9. The number of hydrogen-bond donors (Lipinski definition) is 0. The van der Waals surface area contributed by atoms with E-state index in [1.54, 1.807) is 0 Å². The zero-order valence-corrected chi connectivity index (χ0v) is 54.6. The van der Waals surface area contributed by atoms with Gasteiger partial charge in [-0.3, -0.25) is 0 Å². The number of aromatic nitrogens is 4. The molecule has 22 rings (SSSR count). The Labute approximate surface area is 582 Å². The van der Waals surface area contributed by atoms with Crippen LogP contribution >= 0.6 is 0 Å². The van der Waals surface area contributed by atoms with Gasteiger partial charge in [-0.2, -0.15) is 0 Å². The second-order valence-electron chi connectivity index (χ2n) is 26.7. The maximum absolute atomic E-state index is 6.77. The molecule has 0 saturated carbocycles. The zero-order valence-electron chi connectivity index (χ0n) is 54.6. The summed E-state index contributed by atoms with van der Waals surface area (Å²) in [6, 6.07) is 117. The lowest BCUT2D eigenvalue weighted by atomic mass is 9.98. The van der Waals surface area contributed by atoms with Gasteiger partial charge in [0.15, 0.2) is 5.82 Å². The molecule has 0 unspecified atom stereocenters. The van der Waals surface area contributed by atoms with E-state index in [0.717, 1.165) is 215 Å². The van der Waals surface area contributed by atoms with E-state index in [-0.39, 0.29) is 0 Å². The summed E-state index contributed by atoms with van der Waals surface area (Å²) in [5.41, 5.74) is 25.5. The molecule has 0 atom stereocenters. The summed E-state index contributed by atoms with van der Waals surface area (Å²) in [5, 5.41) is 13.0. The smallest absolute Gasteiger partial charge is 0.160 e. The first-order chi connectivity index (χ1) is 50.5. The van der Waals surface area contributed by atoms with Crippen LogP contribution in [0, 0.1) is 0 Å². The summed E-state index contributed by atoms with van der Waals surface area (Å²) in [5.74, 6) is 0.588. The molecule has 0 spiro atoms. The molecule has 0 amide bonds. The summed E-state index contributed by atoms with van der Waals surface area (Å²) in [4.78, 5) is 11.1. The Morgan fingerprint density at radius 1 is 0.196 bits per heavy atom. The molecule has 0 aliphatic heterocycles. The van der Waals surface area contributed by atoms with Crippen LogP contribution in [0.25, 0.3) is 221 Å². The molecule has 7 aromatic heterocycles. The van der Waals surface area contributed by atoms with Crippen molar-refractivity contribution in [1.82, 2.24) is 19.1 Å². The Balaban J connectivity index is 0.828. The molecule has 8 heteroatoms. The van der Waals surface area contributed by atoms with Crippen LogP contribution in [0.1, 0.15) is 0 Å². The molecule has 0 saturated heterocycles. The maximum Gasteiger partial charge on any atom is 0.160 e. The van der Waals surface area contributed by atoms with E-state index in [9.17, 15) is 0 Å². The van der Waals surface area contributed by atoms with Gasteiger partial charge in [-0.05, 0) is 119 Å². The number of fused-ring (bicyclic) bond motifs is 18. The zero-order chi connectivity index (χ0) is 66.7. The van der Waals surface area contributed by atoms with E-state index in [2.05, 4.69) is 300 Å². The number of benzene rings is 15. The van der Waals surface area contributed by atoms with Crippen LogP contribution in [0.3, 0.4) is 0 Å². The van der Waals surface area contributed by atoms with Crippen molar-refractivity contribution in [3.05, 3.63) is 328 Å². The predicted molar refractivity (Wildman–Crippen MR) is 418 cm³/mol. The summed E-state index contributed by atoms with van der Waals surface area (Å²) in [7, 11) is 0. The number of para-hydroxylation sites is 8. The maximum atomic E-state index is 6.77. The monoisotopic (exact) mass is 1300 g/mol. The molecule has 22 aromatic rings. The van der Waals surface area contributed by atoms with Gasteiger partial charge < -0.3 is 26.8 Å². The molecular formula is C94H54N4O4. The minimum atomic E-state index is 0.588. The van der Waals surface area contributed by atoms with Crippen molar-refractivity contribution in [3.8, 4) is 89.8 Å². The van der Waals surface area contributed by atoms with Crippen LogP contribution in [0.2, 0.25) is 0 Å². The van der Waals surface area contributed by atoms with Gasteiger partial charge in [-0.25, -0.2) is 9.97 Å². The van der Waals surface area contributed by atoms with E-state index < -0.39 is 0 Å². The third-order valence-electron chi connectivity index (χ3n) is 20.9. The molecule has 15 aromatic carbocycles. The molecule has 0 radical (unpaired) electrons. The third-order valence-corrected chi connectivity index (χ3v) is 20.9. The van der Waals surface area contributed by atoms with Gasteiger partial charge >= 0.3 is 0 Å². The van der Waals surface area contributed by atoms with Crippen LogP contribution in [-0.2, 0) is 0 Å². The van der Waals surface area contributed by atoms with E-state index >= 15 is 0 Å². The molecule has 0 N–H and O–H groups in total. The quantitative estimate of drug-likeness (QED) is 0.143. The van der Waals surface area contributed by atoms with E-state index in [1.165, 1.54) is 0 Å². The number of hydrogen-bond acceptors (Lipinski definition) is 6. The SMILES string of the molecule is c1ccc(-c2cc(-c3ccccc3)nc(-c3cc(-n4c5ccc(-c6cccc7c6oc6ccccc67)cc5c5cc(-c6cccc7c6oc6ccccc67)ccc54)cc(-n4c5ccc(-c6cccc7c6oc6ccccc67)cc5c5cc(-c6cccc7c6oc6ccccc67)ccc54)c3)n2)cc1. The molecule has 0 aliphatic rings. The summed E-state index contributed by atoms with van der Waals surface area (Å²) < 4.78 is 31.9. The lowest BCUT2D eigenvalue weighted by Gasteiger charge is -2.16. The van der Waals surface area contributed by atoms with Gasteiger partial charge in [0.05, 0.1) is 33.5 Å². The Kier molecular flexibility index (Phi) is 12.0. The average molecular weight is 1300 g/mol. The molecule has 8 nitrogen and oxygen atoms in total. The number of rotatable bonds is 9. The Bertz CT molecular complexity index is 6500. The van der Waals surface area contributed by atoms with Crippen LogP contribution in [-0.4, -0.2) is 19.1 Å². The van der Waals surface area contributed by atoms with Crippen molar-refractivity contribution in [3.63, 3.8) is 0 Å². The largest absolute Gasteiger partial charge is 0.455 e. The molecule has 0 bridgehead atoms. The molecular weight excluding hydrogens is 1250 g/mol. The fraction of sp³-hybridized carbons (Fsp3) is 0. The van der Waals surface area contributed by atoms with Crippen LogP contribution in [0.4, 0.5) is 0 Å². The van der Waals surface area contributed by atoms with Crippen LogP contribution < -0.4 is 0 Å². The minimum absolute atomic E-state index is 0.588. The Morgan fingerprint density at radius 2 is 0.480 bits per heavy atom. The summed E-state index contributed by atoms with van der Waals surface area (Å²) >= 11 is 0. The van der Waals surface area contributed by atoms with Gasteiger partial charge in [-0.15, -0.1) is 0 Å². The van der Waals surface area contributed by atoms with Gasteiger partial charge in [0.25, 0.3) is 0 Å². The first-order valence-corrected chi connectivity index (χ1v) is 34.5. The van der Waals surface area contributed by atoms with E-state index in [0.29, 0.717) is 5.82 Å². The first-order valence-electron chi connectivity index (χ1n) is 34.5. The van der Waals surface area contributed by atoms with Crippen molar-refractivity contribution < 1.29 is 17.7 Å². The molecule has 0 fully saturated rings. The fourth-order valence-corrected chi connectivity index (χ4v) is 16.2. The second kappa shape index (κ2) is 21.8. The summed E-state index contributed by atoms with van der Waals surface area (Å²) in [6.07, 6.45) is 0. The standard InChI is InChI=1S/C94H54N4O4/c1-3-19-55(20-4-1)80-54-81(56-21-5-2-6-22-56)96-94(95-80)61-47-62(97-82-43-39-57(64-27-15-31-72-68-23-7-11-35-86(68)99-90(64)72)49-76(82)77-50-58(40-44-83(77)97)65-28-16-32-73-69-24-8-12-36-87(69)100-91(65)73)53-63(48-61)98-84-45-41-59(66-29-17-33-74-70-25-9-13-37-88(70)101-92(66)74)51-78(84)79-52-60(42-46-85(79)98)67-30-18-34-75-71-26-10-14-38-89(71)102-93(67)75/h1-54H. The van der Waals surface area contributed by atoms with Crippen molar-refractivity contribution >= 4 is 131 Å². The number of furan rings is 4. The lowest BCUT2D eigenvalue weighted by Crippen LogP contribution is -2.02. The van der Waals surface area contributed by atoms with E-state index in [4.69, 9.17) is 27.6 Å². The van der Waals surface area contributed by atoms with Crippen LogP contribution in [0.15, 0.2) is 345 Å². The van der Waals surface area contributed by atoms with Gasteiger partial charge in [-0.1, -0.05) is 231 Å². The summed E-state index contributed by atoms with van der Waals surface area (Å²) in [6.45, 7) is 0. The molecule has 0 aliphatic carbocycles. The normalized spacial score (nSPS) is 12.1. The van der Waals surface area contributed by atoms with Crippen molar-refractivity contribution in [1.29, 1.82) is 0 Å². The molecule has 102 heavy (non-hydrogen) atoms. The highest BCUT2D eigenvalue weighted by molar-refractivity contribution is 6.18. The molecule has 7 heterocycles. The van der Waals surface area contributed by atoms with Gasteiger partial charge in [0.1, 0.15) is 44.7 Å². The highest BCUT2D eigenvalue weighted by Crippen LogP contribution is 2.47. The molecule has 474 valence electrons. The van der Waals surface area contributed by atoms with Crippen molar-refractivity contribution in [2.75, 3.05) is 0 Å². The fourth-order valence-electron chi connectivity index (χ4n) is 16.2. The minimum Gasteiger partial charge on any atom is -0.455 e. The van der Waals surface area contributed by atoms with Gasteiger partial charge in [0, 0.05) is 115 Å². The van der Waals surface area contributed by atoms with E-state index in [1.807, 2.05) is 36.4 Å². The number of nitrogens with zero attached hydrogens (tertiary/aromatic N) is 4. The first kappa shape index (κ1) is 56.2. The third kappa shape index (κ3) is 8.57. The highest BCUT2D eigenvalue weighted by Gasteiger charge is 2.25. The van der Waals surface area contributed by atoms with Crippen molar-refractivity contribution in [2.24, 2.45) is 0 Å². The van der Waals surface area contributed by atoms with Crippen LogP contribution in [0.5, 0.6) is 0 Å². The topological polar surface area (TPSA) is 88.2 Å². The highest BCUT2D eigenvalue weighted by atomic mass is 16.3. The van der Waals surface area contributed by atoms with Crippen molar-refractivity contribution in [2.45, 2.75) is 0 Å². The Hall–Kier alpha value is -13.8. The lowest BCUT2D eigenvalue weighted by molar-refractivity contribution is 0.669. The average Bonchev–Trinajstić information content (AvgIpc) is 1.57. The van der Waals surface area contributed by atoms with Gasteiger partial charge in [0.2, 0.25) is 0 Å².